The van der Waals surface area contributed by atoms with Gasteiger partial charge in [-0.25, -0.2) is 13.4 Å². The third kappa shape index (κ3) is 3.78. The molecule has 0 aliphatic heterocycles. The largest absolute Gasteiger partial charge is 0.383 e. The molecule has 1 aromatic heterocycles. The second kappa shape index (κ2) is 5.79. The van der Waals surface area contributed by atoms with Crippen LogP contribution in [0.3, 0.4) is 0 Å². The van der Waals surface area contributed by atoms with Crippen molar-refractivity contribution in [1.82, 2.24) is 4.98 Å². The van der Waals surface area contributed by atoms with Crippen molar-refractivity contribution in [3.8, 4) is 0 Å². The Morgan fingerprint density at radius 2 is 2.11 bits per heavy atom. The van der Waals surface area contributed by atoms with Crippen LogP contribution in [-0.4, -0.2) is 25.0 Å². The van der Waals surface area contributed by atoms with Crippen LogP contribution in [0, 0.1) is 5.41 Å². The Hall–Kier alpha value is -0.950. The summed E-state index contributed by atoms with van der Waals surface area (Å²) in [5.41, 5.74) is 6.21. The number of thiazole rings is 1. The molecule has 0 aliphatic rings. The molecule has 7 heteroatoms. The molecule has 5 nitrogen and oxygen atoms in total. The molecule has 0 atom stereocenters. The minimum atomic E-state index is -3.10. The van der Waals surface area contributed by atoms with Crippen LogP contribution in [0.15, 0.2) is 0 Å². The van der Waals surface area contributed by atoms with Crippen LogP contribution in [0.2, 0.25) is 0 Å². The minimum absolute atomic E-state index is 0.0460. The van der Waals surface area contributed by atoms with Gasteiger partial charge in [0.05, 0.1) is 16.3 Å². The van der Waals surface area contributed by atoms with E-state index in [0.29, 0.717) is 22.0 Å². The van der Waals surface area contributed by atoms with Gasteiger partial charge >= 0.3 is 0 Å². The number of nitrogens with zero attached hydrogens (tertiary/aromatic N) is 1. The Labute approximate surface area is 112 Å². The maximum Gasteiger partial charge on any atom is 0.156 e. The average Bonchev–Trinajstić information content (AvgIpc) is 2.60. The Morgan fingerprint density at radius 1 is 1.50 bits per heavy atom. The van der Waals surface area contributed by atoms with Crippen molar-refractivity contribution in [3.63, 3.8) is 0 Å². The van der Waals surface area contributed by atoms with Crippen molar-refractivity contribution in [2.45, 2.75) is 38.9 Å². The van der Waals surface area contributed by atoms with Gasteiger partial charge in [0.2, 0.25) is 0 Å². The molecular formula is C11H19N3O2S2. The summed E-state index contributed by atoms with van der Waals surface area (Å²) in [6, 6.07) is 0. The molecule has 1 aromatic rings. The minimum Gasteiger partial charge on any atom is -0.383 e. The summed E-state index contributed by atoms with van der Waals surface area (Å²) in [5.74, 6) is 0.190. The zero-order valence-corrected chi connectivity index (χ0v) is 12.5. The van der Waals surface area contributed by atoms with Crippen molar-refractivity contribution in [1.29, 1.82) is 5.41 Å². The van der Waals surface area contributed by atoms with Crippen molar-refractivity contribution < 1.29 is 8.42 Å². The number of nitrogens with two attached hydrogens (primary N) is 1. The van der Waals surface area contributed by atoms with E-state index in [2.05, 4.69) is 4.98 Å². The van der Waals surface area contributed by atoms with E-state index in [1.54, 1.807) is 0 Å². The fourth-order valence-corrected chi connectivity index (χ4v) is 4.45. The first-order chi connectivity index (χ1) is 8.26. The predicted molar refractivity (Wildman–Crippen MR) is 75.0 cm³/mol. The first-order valence-electron chi connectivity index (χ1n) is 5.81. The molecule has 0 saturated carbocycles. The predicted octanol–water partition coefficient (Wildman–Crippen LogP) is 1.88. The van der Waals surface area contributed by atoms with Gasteiger partial charge in [0.1, 0.15) is 16.6 Å². The molecule has 18 heavy (non-hydrogen) atoms. The summed E-state index contributed by atoms with van der Waals surface area (Å²) in [5, 5.41) is 8.02. The maximum absolute atomic E-state index is 11.7. The second-order valence-corrected chi connectivity index (χ2v) is 7.75. The highest BCUT2D eigenvalue weighted by Gasteiger charge is 2.20. The van der Waals surface area contributed by atoms with Crippen molar-refractivity contribution >= 4 is 27.0 Å². The monoisotopic (exact) mass is 289 g/mol. The van der Waals surface area contributed by atoms with Crippen LogP contribution >= 0.6 is 11.3 Å². The van der Waals surface area contributed by atoms with Gasteiger partial charge in [0, 0.05) is 0 Å². The van der Waals surface area contributed by atoms with E-state index in [9.17, 15) is 8.42 Å². The van der Waals surface area contributed by atoms with E-state index in [0.717, 1.165) is 0 Å². The average molecular weight is 289 g/mol. The van der Waals surface area contributed by atoms with E-state index in [-0.39, 0.29) is 23.3 Å². The maximum atomic E-state index is 11.7. The van der Waals surface area contributed by atoms with Crippen LogP contribution in [0.4, 0.5) is 0 Å². The number of hydrogen-bond acceptors (Lipinski definition) is 5. The topological polar surface area (TPSA) is 96.9 Å². The van der Waals surface area contributed by atoms with Gasteiger partial charge in [-0.2, -0.15) is 0 Å². The highest BCUT2D eigenvalue weighted by Crippen LogP contribution is 2.26. The Kier molecular flexibility index (Phi) is 4.86. The van der Waals surface area contributed by atoms with Gasteiger partial charge in [-0.05, 0) is 12.3 Å². The Morgan fingerprint density at radius 3 is 2.50 bits per heavy atom. The first-order valence-corrected chi connectivity index (χ1v) is 8.45. The molecule has 102 valence electrons. The summed E-state index contributed by atoms with van der Waals surface area (Å²) < 4.78 is 23.5. The molecule has 0 aromatic carbocycles. The molecule has 1 heterocycles. The number of hydrogen-bond donors (Lipinski definition) is 2. The van der Waals surface area contributed by atoms with Crippen LogP contribution in [0.1, 0.15) is 48.7 Å². The summed E-state index contributed by atoms with van der Waals surface area (Å²) in [7, 11) is -3.10. The quantitative estimate of drug-likeness (QED) is 0.617. The normalized spacial score (nSPS) is 12.0. The second-order valence-electron chi connectivity index (χ2n) is 4.48. The van der Waals surface area contributed by atoms with Gasteiger partial charge in [-0.3, -0.25) is 5.41 Å². The summed E-state index contributed by atoms with van der Waals surface area (Å²) in [6.07, 6.45) is 0.601. The lowest BCUT2D eigenvalue weighted by Gasteiger charge is -2.02. The van der Waals surface area contributed by atoms with Gasteiger partial charge in [0.15, 0.2) is 9.84 Å². The molecule has 0 unspecified atom stereocenters. The molecule has 0 saturated heterocycles. The standard InChI is InChI=1S/C11H19N3O2S2/c1-4-5-18(15,16)6-8-14-9(7(2)3)10(17-8)11(12)13/h7H,4-6H2,1-3H3,(H3,12,13). The first kappa shape index (κ1) is 15.1. The highest BCUT2D eigenvalue weighted by molar-refractivity contribution is 7.90. The number of sulfone groups is 1. The van der Waals surface area contributed by atoms with E-state index < -0.39 is 9.84 Å². The third-order valence-corrected chi connectivity index (χ3v) is 5.38. The SMILES string of the molecule is CCCS(=O)(=O)Cc1nc(C(C)C)c(C(=N)N)s1. The number of rotatable bonds is 6. The molecule has 0 spiro atoms. The molecule has 1 rings (SSSR count). The lowest BCUT2D eigenvalue weighted by Crippen LogP contribution is -2.12. The summed E-state index contributed by atoms with van der Waals surface area (Å²) >= 11 is 1.21. The fourth-order valence-electron chi connectivity index (χ4n) is 1.60. The van der Waals surface area contributed by atoms with E-state index in [4.69, 9.17) is 11.1 Å². The van der Waals surface area contributed by atoms with Gasteiger partial charge in [-0.1, -0.05) is 20.8 Å². The molecule has 3 N–H and O–H groups in total. The summed E-state index contributed by atoms with van der Waals surface area (Å²) in [6.45, 7) is 5.73. The van der Waals surface area contributed by atoms with Crippen LogP contribution in [0.5, 0.6) is 0 Å². The van der Waals surface area contributed by atoms with E-state index >= 15 is 0 Å². The van der Waals surface area contributed by atoms with Gasteiger partial charge in [-0.15, -0.1) is 11.3 Å². The molecule has 0 fully saturated rings. The van der Waals surface area contributed by atoms with Crippen molar-refractivity contribution in [2.24, 2.45) is 5.73 Å². The lowest BCUT2D eigenvalue weighted by molar-refractivity contribution is 0.593. The molecular weight excluding hydrogens is 270 g/mol. The third-order valence-electron chi connectivity index (χ3n) is 2.35. The van der Waals surface area contributed by atoms with Crippen LogP contribution in [-0.2, 0) is 15.6 Å². The number of nitrogen functional groups attached to an aromatic ring is 1. The van der Waals surface area contributed by atoms with Gasteiger partial charge < -0.3 is 5.73 Å². The molecule has 0 aliphatic carbocycles. The number of aromatic nitrogens is 1. The van der Waals surface area contributed by atoms with E-state index in [1.807, 2.05) is 20.8 Å². The number of nitrogens with one attached hydrogen (secondary N) is 1. The highest BCUT2D eigenvalue weighted by atomic mass is 32.2. The van der Waals surface area contributed by atoms with Crippen molar-refractivity contribution in [3.05, 3.63) is 15.6 Å². The van der Waals surface area contributed by atoms with Crippen molar-refractivity contribution in [2.75, 3.05) is 5.75 Å². The van der Waals surface area contributed by atoms with Crippen LogP contribution in [0.25, 0.3) is 0 Å². The Bertz CT molecular complexity index is 532. The Balaban J connectivity index is 3.06. The molecule has 0 bridgehead atoms. The zero-order valence-electron chi connectivity index (χ0n) is 10.9. The molecule has 0 radical (unpaired) electrons. The number of amidine groups is 1. The smallest absolute Gasteiger partial charge is 0.156 e. The zero-order chi connectivity index (χ0) is 13.9. The fraction of sp³-hybridized carbons (Fsp3) is 0.636. The lowest BCUT2D eigenvalue weighted by atomic mass is 10.1. The summed E-state index contributed by atoms with van der Waals surface area (Å²) in [4.78, 5) is 4.91. The molecule has 0 amide bonds. The van der Waals surface area contributed by atoms with Gasteiger partial charge in [0.25, 0.3) is 0 Å². The van der Waals surface area contributed by atoms with Crippen LogP contribution < -0.4 is 5.73 Å². The van der Waals surface area contributed by atoms with E-state index in [1.165, 1.54) is 11.3 Å².